The van der Waals surface area contributed by atoms with Crippen LogP contribution in [0.25, 0.3) is 11.3 Å². The Kier molecular flexibility index (Phi) is 5.95. The number of nitrogens with one attached hydrogen (secondary N) is 2. The molecule has 1 unspecified atom stereocenters. The average molecular weight is 474 g/mol. The quantitative estimate of drug-likeness (QED) is 0.470. The second kappa shape index (κ2) is 8.21. The van der Waals surface area contributed by atoms with Gasteiger partial charge in [-0.05, 0) is 18.2 Å². The van der Waals surface area contributed by atoms with Crippen LogP contribution in [0.3, 0.4) is 0 Å². The van der Waals surface area contributed by atoms with E-state index in [0.29, 0.717) is 17.8 Å². The molecule has 3 N–H and O–H groups in total. The fourth-order valence-corrected chi connectivity index (χ4v) is 3.50. The zero-order valence-corrected chi connectivity index (χ0v) is 16.4. The Bertz CT molecular complexity index is 1030. The summed E-state index contributed by atoms with van der Waals surface area (Å²) >= 11 is 1.92. The molecule has 0 aliphatic carbocycles. The first-order chi connectivity index (χ1) is 12.8. The van der Waals surface area contributed by atoms with E-state index in [2.05, 4.69) is 26.2 Å². The number of aromatic nitrogens is 1. The molecule has 1 aromatic heterocycles. The Morgan fingerprint density at radius 1 is 1.19 bits per heavy atom. The minimum Gasteiger partial charge on any atom is -0.298 e. The standard InChI is InChI=1S/C16H10BrF2N3O3S2/c17-9-3-1-8(2-4-9)14-7-26-16(20-14)21-15(23)10-5-11(18)12(19)6-13(10)22-27(24)25/h1-7,22H,(H,24,25)(H,20,21,23). The van der Waals surface area contributed by atoms with Crippen LogP contribution >= 0.6 is 27.3 Å². The third-order valence-corrected chi connectivity index (χ3v) is 5.05. The lowest BCUT2D eigenvalue weighted by atomic mass is 10.1. The second-order valence-corrected chi connectivity index (χ2v) is 7.64. The van der Waals surface area contributed by atoms with Crippen molar-refractivity contribution in [2.24, 2.45) is 0 Å². The maximum Gasteiger partial charge on any atom is 0.259 e. The number of hydrogen-bond acceptors (Lipinski definition) is 4. The van der Waals surface area contributed by atoms with Crippen LogP contribution in [-0.2, 0) is 11.3 Å². The molecule has 0 aliphatic heterocycles. The van der Waals surface area contributed by atoms with Gasteiger partial charge in [0.05, 0.1) is 16.9 Å². The lowest BCUT2D eigenvalue weighted by Crippen LogP contribution is -2.16. The lowest BCUT2D eigenvalue weighted by molar-refractivity contribution is 0.102. The van der Waals surface area contributed by atoms with Crippen molar-refractivity contribution in [2.45, 2.75) is 0 Å². The van der Waals surface area contributed by atoms with Crippen LogP contribution < -0.4 is 10.0 Å². The van der Waals surface area contributed by atoms with Gasteiger partial charge in [-0.25, -0.2) is 18.0 Å². The number of rotatable bonds is 5. The molecule has 1 amide bonds. The normalized spacial score (nSPS) is 11.9. The molecule has 1 heterocycles. The Hall–Kier alpha value is -2.21. The summed E-state index contributed by atoms with van der Waals surface area (Å²) in [5, 5.41) is 4.43. The molecular weight excluding hydrogens is 464 g/mol. The van der Waals surface area contributed by atoms with Crippen molar-refractivity contribution in [3.8, 4) is 11.3 Å². The number of halogens is 3. The van der Waals surface area contributed by atoms with Crippen LogP contribution in [-0.4, -0.2) is 19.7 Å². The smallest absolute Gasteiger partial charge is 0.259 e. The fourth-order valence-electron chi connectivity index (χ4n) is 2.16. The molecular formula is C16H10BrF2N3O3S2. The highest BCUT2D eigenvalue weighted by molar-refractivity contribution is 9.10. The molecule has 3 rings (SSSR count). The van der Waals surface area contributed by atoms with Crippen LogP contribution in [0.15, 0.2) is 46.3 Å². The third-order valence-electron chi connectivity index (χ3n) is 3.37. The van der Waals surface area contributed by atoms with Crippen molar-refractivity contribution >= 4 is 55.3 Å². The molecule has 0 spiro atoms. The van der Waals surface area contributed by atoms with E-state index in [1.165, 1.54) is 0 Å². The number of nitrogens with zero attached hydrogens (tertiary/aromatic N) is 1. The van der Waals surface area contributed by atoms with Crippen molar-refractivity contribution < 1.29 is 22.3 Å². The number of anilines is 2. The van der Waals surface area contributed by atoms with Gasteiger partial charge < -0.3 is 0 Å². The number of amides is 1. The van der Waals surface area contributed by atoms with Crippen molar-refractivity contribution in [2.75, 3.05) is 10.0 Å². The SMILES string of the molecule is O=C(Nc1nc(-c2ccc(Br)cc2)cs1)c1cc(F)c(F)cc1NS(=O)O. The molecule has 3 aromatic rings. The summed E-state index contributed by atoms with van der Waals surface area (Å²) in [5.41, 5.74) is 0.803. The van der Waals surface area contributed by atoms with Gasteiger partial charge >= 0.3 is 0 Å². The Balaban J connectivity index is 1.84. The highest BCUT2D eigenvalue weighted by atomic mass is 79.9. The third kappa shape index (κ3) is 4.75. The van der Waals surface area contributed by atoms with Gasteiger partial charge in [0.25, 0.3) is 17.2 Å². The molecule has 27 heavy (non-hydrogen) atoms. The number of carbonyl (C=O) groups is 1. The largest absolute Gasteiger partial charge is 0.298 e. The zero-order chi connectivity index (χ0) is 19.6. The molecule has 0 bridgehead atoms. The molecule has 11 heteroatoms. The highest BCUT2D eigenvalue weighted by Gasteiger charge is 2.18. The molecule has 1 atom stereocenters. The van der Waals surface area contributed by atoms with Crippen molar-refractivity contribution in [1.82, 2.24) is 4.98 Å². The molecule has 6 nitrogen and oxygen atoms in total. The van der Waals surface area contributed by atoms with E-state index in [0.717, 1.165) is 21.4 Å². The first-order valence-electron chi connectivity index (χ1n) is 7.23. The van der Waals surface area contributed by atoms with Crippen LogP contribution in [0.4, 0.5) is 19.6 Å². The van der Waals surface area contributed by atoms with Crippen molar-refractivity contribution in [3.05, 3.63) is 63.4 Å². The topological polar surface area (TPSA) is 91.3 Å². The summed E-state index contributed by atoms with van der Waals surface area (Å²) < 4.78 is 49.6. The average Bonchev–Trinajstić information content (AvgIpc) is 3.06. The van der Waals surface area contributed by atoms with Crippen LogP contribution in [0.2, 0.25) is 0 Å². The summed E-state index contributed by atoms with van der Waals surface area (Å²) in [6.45, 7) is 0. The summed E-state index contributed by atoms with van der Waals surface area (Å²) in [4.78, 5) is 16.7. The van der Waals surface area contributed by atoms with E-state index in [1.807, 2.05) is 29.0 Å². The molecule has 2 aromatic carbocycles. The van der Waals surface area contributed by atoms with E-state index in [1.54, 1.807) is 5.38 Å². The summed E-state index contributed by atoms with van der Waals surface area (Å²) in [5.74, 6) is -3.33. The lowest BCUT2D eigenvalue weighted by Gasteiger charge is -2.09. The summed E-state index contributed by atoms with van der Waals surface area (Å²) in [6, 6.07) is 8.66. The van der Waals surface area contributed by atoms with Crippen LogP contribution in [0.5, 0.6) is 0 Å². The van der Waals surface area contributed by atoms with E-state index >= 15 is 0 Å². The van der Waals surface area contributed by atoms with E-state index in [9.17, 15) is 17.8 Å². The summed E-state index contributed by atoms with van der Waals surface area (Å²) in [7, 11) is 0. The maximum atomic E-state index is 13.5. The van der Waals surface area contributed by atoms with Gasteiger partial charge in [0.15, 0.2) is 16.8 Å². The fraction of sp³-hybridized carbons (Fsp3) is 0. The number of thiazole rings is 1. The van der Waals surface area contributed by atoms with Crippen molar-refractivity contribution in [1.29, 1.82) is 0 Å². The van der Waals surface area contributed by atoms with Gasteiger partial charge in [0.2, 0.25) is 0 Å². The van der Waals surface area contributed by atoms with E-state index < -0.39 is 28.8 Å². The maximum absolute atomic E-state index is 13.5. The first kappa shape index (κ1) is 19.5. The van der Waals surface area contributed by atoms with Gasteiger partial charge in [-0.1, -0.05) is 28.1 Å². The van der Waals surface area contributed by atoms with Gasteiger partial charge in [0, 0.05) is 21.5 Å². The van der Waals surface area contributed by atoms with Gasteiger partial charge in [-0.2, -0.15) is 0 Å². The zero-order valence-electron chi connectivity index (χ0n) is 13.2. The molecule has 0 saturated heterocycles. The number of hydrogen-bond donors (Lipinski definition) is 3. The van der Waals surface area contributed by atoms with Crippen molar-refractivity contribution in [3.63, 3.8) is 0 Å². The van der Waals surface area contributed by atoms with Gasteiger partial charge in [-0.3, -0.25) is 19.4 Å². The first-order valence-corrected chi connectivity index (χ1v) is 10.0. The number of benzene rings is 2. The predicted molar refractivity (Wildman–Crippen MR) is 104 cm³/mol. The molecule has 0 saturated carbocycles. The second-order valence-electron chi connectivity index (χ2n) is 5.16. The van der Waals surface area contributed by atoms with Crippen LogP contribution in [0, 0.1) is 11.6 Å². The van der Waals surface area contributed by atoms with E-state index in [-0.39, 0.29) is 16.4 Å². The van der Waals surface area contributed by atoms with Crippen LogP contribution in [0.1, 0.15) is 10.4 Å². The van der Waals surface area contributed by atoms with Gasteiger partial charge in [0.1, 0.15) is 0 Å². The molecule has 140 valence electrons. The Morgan fingerprint density at radius 2 is 1.85 bits per heavy atom. The van der Waals surface area contributed by atoms with Gasteiger partial charge in [-0.15, -0.1) is 11.3 Å². The number of carbonyl (C=O) groups excluding carboxylic acids is 1. The minimum absolute atomic E-state index is 0.235. The minimum atomic E-state index is -2.56. The molecule has 0 fully saturated rings. The molecule has 0 radical (unpaired) electrons. The Morgan fingerprint density at radius 3 is 2.52 bits per heavy atom. The molecule has 0 aliphatic rings. The monoisotopic (exact) mass is 473 g/mol. The predicted octanol–water partition coefficient (Wildman–Crippen LogP) is 4.65. The Labute approximate surface area is 167 Å². The van der Waals surface area contributed by atoms with E-state index in [4.69, 9.17) is 4.55 Å². The summed E-state index contributed by atoms with van der Waals surface area (Å²) in [6.07, 6.45) is 0. The highest BCUT2D eigenvalue weighted by Crippen LogP contribution is 2.27.